The Labute approximate surface area is 168 Å². The Hall–Kier alpha value is -1.99. The average molecular weight is 389 g/mol. The highest BCUT2D eigenvalue weighted by atomic mass is 16.7. The second-order valence-electron chi connectivity index (χ2n) is 9.15. The minimum Gasteiger partial charge on any atom is -0.508 e. The van der Waals surface area contributed by atoms with E-state index in [0.717, 1.165) is 16.6 Å². The fourth-order valence-electron chi connectivity index (χ4n) is 2.68. The van der Waals surface area contributed by atoms with Crippen LogP contribution in [0.15, 0.2) is 23.7 Å². The SMILES string of the molecule is Cc1c(O)cccc1C=C(CNC(=O)OC(C)(C)C)B1OC(C)(C)C(C)(C)O1. The van der Waals surface area contributed by atoms with Gasteiger partial charge in [0.2, 0.25) is 0 Å². The monoisotopic (exact) mass is 389 g/mol. The van der Waals surface area contributed by atoms with Gasteiger partial charge in [0.05, 0.1) is 11.2 Å². The Morgan fingerprint density at radius 2 is 1.79 bits per heavy atom. The molecule has 1 aliphatic heterocycles. The molecule has 1 amide bonds. The molecule has 1 aromatic rings. The molecule has 0 aromatic heterocycles. The first-order valence-corrected chi connectivity index (χ1v) is 9.53. The number of rotatable bonds is 4. The predicted octanol–water partition coefficient (Wildman–Crippen LogP) is 4.24. The summed E-state index contributed by atoms with van der Waals surface area (Å²) in [6.07, 6.45) is 1.37. The summed E-state index contributed by atoms with van der Waals surface area (Å²) in [5.41, 5.74) is 0.718. The van der Waals surface area contributed by atoms with Crippen molar-refractivity contribution in [2.24, 2.45) is 0 Å². The van der Waals surface area contributed by atoms with Crippen LogP contribution in [-0.2, 0) is 14.0 Å². The molecular formula is C21H32BNO5. The number of hydrogen-bond donors (Lipinski definition) is 2. The molecule has 1 aromatic carbocycles. The van der Waals surface area contributed by atoms with Crippen molar-refractivity contribution in [2.45, 2.75) is 72.2 Å². The third kappa shape index (κ3) is 5.29. The van der Waals surface area contributed by atoms with Gasteiger partial charge in [-0.3, -0.25) is 0 Å². The Kier molecular flexibility index (Phi) is 6.21. The number of phenols is 1. The molecule has 28 heavy (non-hydrogen) atoms. The van der Waals surface area contributed by atoms with Gasteiger partial charge in [-0.1, -0.05) is 18.2 Å². The summed E-state index contributed by atoms with van der Waals surface area (Å²) in [4.78, 5) is 12.1. The molecule has 0 atom stereocenters. The van der Waals surface area contributed by atoms with Crippen LogP contribution < -0.4 is 5.32 Å². The van der Waals surface area contributed by atoms with Crippen molar-refractivity contribution in [2.75, 3.05) is 6.54 Å². The summed E-state index contributed by atoms with van der Waals surface area (Å²) < 4.78 is 17.6. The van der Waals surface area contributed by atoms with Gasteiger partial charge in [0, 0.05) is 6.54 Å². The number of carbonyl (C=O) groups is 1. The third-order valence-electron chi connectivity index (χ3n) is 5.08. The molecule has 0 bridgehead atoms. The fourth-order valence-corrected chi connectivity index (χ4v) is 2.68. The van der Waals surface area contributed by atoms with Crippen molar-refractivity contribution >= 4 is 19.3 Å². The summed E-state index contributed by atoms with van der Waals surface area (Å²) in [7, 11) is -0.623. The highest BCUT2D eigenvalue weighted by Crippen LogP contribution is 2.39. The third-order valence-corrected chi connectivity index (χ3v) is 5.08. The smallest absolute Gasteiger partial charge is 0.492 e. The molecule has 1 fully saturated rings. The Morgan fingerprint density at radius 1 is 1.21 bits per heavy atom. The zero-order valence-electron chi connectivity index (χ0n) is 18.2. The normalized spacial score (nSPS) is 18.9. The van der Waals surface area contributed by atoms with E-state index in [1.54, 1.807) is 12.1 Å². The first-order valence-electron chi connectivity index (χ1n) is 9.53. The van der Waals surface area contributed by atoms with Crippen LogP contribution in [0.25, 0.3) is 6.08 Å². The van der Waals surface area contributed by atoms with Gasteiger partial charge < -0.3 is 24.5 Å². The van der Waals surface area contributed by atoms with Gasteiger partial charge in [-0.05, 0) is 78.1 Å². The number of benzene rings is 1. The van der Waals surface area contributed by atoms with Crippen molar-refractivity contribution in [3.8, 4) is 5.75 Å². The summed E-state index contributed by atoms with van der Waals surface area (Å²) in [6, 6.07) is 5.31. The lowest BCUT2D eigenvalue weighted by Crippen LogP contribution is -2.41. The molecule has 7 heteroatoms. The minimum absolute atomic E-state index is 0.195. The maximum absolute atomic E-state index is 12.1. The Balaban J connectivity index is 2.30. The van der Waals surface area contributed by atoms with E-state index in [9.17, 15) is 9.90 Å². The number of phenolic OH excluding ortho intramolecular Hbond substituents is 1. The van der Waals surface area contributed by atoms with Crippen LogP contribution in [0.3, 0.4) is 0 Å². The van der Waals surface area contributed by atoms with E-state index in [-0.39, 0.29) is 12.3 Å². The lowest BCUT2D eigenvalue weighted by Gasteiger charge is -2.32. The zero-order valence-corrected chi connectivity index (χ0v) is 18.2. The molecule has 0 radical (unpaired) electrons. The molecule has 2 N–H and O–H groups in total. The molecule has 1 saturated heterocycles. The van der Waals surface area contributed by atoms with Crippen molar-refractivity contribution in [1.29, 1.82) is 0 Å². The lowest BCUT2D eigenvalue weighted by molar-refractivity contribution is 0.00578. The second-order valence-corrected chi connectivity index (χ2v) is 9.15. The van der Waals surface area contributed by atoms with Crippen LogP contribution in [0.5, 0.6) is 5.75 Å². The van der Waals surface area contributed by atoms with Gasteiger partial charge in [0.15, 0.2) is 0 Å². The van der Waals surface area contributed by atoms with E-state index in [0.29, 0.717) is 0 Å². The van der Waals surface area contributed by atoms with Crippen molar-refractivity contribution in [1.82, 2.24) is 5.32 Å². The first-order chi connectivity index (χ1) is 12.7. The number of alkyl carbamates (subject to hydrolysis) is 1. The average Bonchev–Trinajstić information content (AvgIpc) is 2.74. The molecule has 2 rings (SSSR count). The van der Waals surface area contributed by atoms with Gasteiger partial charge in [-0.2, -0.15) is 0 Å². The molecular weight excluding hydrogens is 357 g/mol. The van der Waals surface area contributed by atoms with Crippen LogP contribution in [0.2, 0.25) is 0 Å². The van der Waals surface area contributed by atoms with Crippen LogP contribution in [-0.4, -0.2) is 41.7 Å². The minimum atomic E-state index is -0.623. The van der Waals surface area contributed by atoms with Crippen molar-refractivity contribution in [3.63, 3.8) is 0 Å². The number of hydrogen-bond acceptors (Lipinski definition) is 5. The number of amides is 1. The molecule has 0 unspecified atom stereocenters. The van der Waals surface area contributed by atoms with E-state index in [1.165, 1.54) is 0 Å². The van der Waals surface area contributed by atoms with E-state index >= 15 is 0 Å². The zero-order chi connectivity index (χ0) is 21.3. The van der Waals surface area contributed by atoms with E-state index in [2.05, 4.69) is 5.32 Å². The summed E-state index contributed by atoms with van der Waals surface area (Å²) in [5.74, 6) is 0.210. The summed E-state index contributed by atoms with van der Waals surface area (Å²) in [5, 5.41) is 12.8. The second kappa shape index (κ2) is 7.80. The number of nitrogens with one attached hydrogen (secondary N) is 1. The van der Waals surface area contributed by atoms with Gasteiger partial charge in [-0.25, -0.2) is 4.79 Å². The van der Waals surface area contributed by atoms with Gasteiger partial charge in [-0.15, -0.1) is 0 Å². The van der Waals surface area contributed by atoms with Crippen LogP contribution in [0.4, 0.5) is 4.79 Å². The first kappa shape index (κ1) is 22.3. The molecule has 0 saturated carbocycles. The Morgan fingerprint density at radius 3 is 2.32 bits per heavy atom. The fraction of sp³-hybridized carbons (Fsp3) is 0.571. The maximum Gasteiger partial charge on any atom is 0.492 e. The van der Waals surface area contributed by atoms with E-state index < -0.39 is 30.0 Å². The molecule has 6 nitrogen and oxygen atoms in total. The quantitative estimate of drug-likeness (QED) is 0.754. The van der Waals surface area contributed by atoms with E-state index in [1.807, 2.05) is 67.5 Å². The van der Waals surface area contributed by atoms with Crippen LogP contribution in [0, 0.1) is 6.92 Å². The Bertz CT molecular complexity index is 749. The summed E-state index contributed by atoms with van der Waals surface area (Å²) >= 11 is 0. The molecule has 1 heterocycles. The largest absolute Gasteiger partial charge is 0.508 e. The predicted molar refractivity (Wildman–Crippen MR) is 111 cm³/mol. The lowest BCUT2D eigenvalue weighted by atomic mass is 9.76. The van der Waals surface area contributed by atoms with Crippen LogP contribution in [0.1, 0.15) is 59.6 Å². The van der Waals surface area contributed by atoms with Gasteiger partial charge in [0.25, 0.3) is 0 Å². The molecule has 154 valence electrons. The number of carbonyl (C=O) groups excluding carboxylic acids is 1. The maximum atomic E-state index is 12.1. The van der Waals surface area contributed by atoms with E-state index in [4.69, 9.17) is 14.0 Å². The molecule has 1 aliphatic rings. The molecule has 0 aliphatic carbocycles. The van der Waals surface area contributed by atoms with Crippen molar-refractivity contribution in [3.05, 3.63) is 34.8 Å². The van der Waals surface area contributed by atoms with Gasteiger partial charge in [0.1, 0.15) is 11.4 Å². The number of aromatic hydroxyl groups is 1. The van der Waals surface area contributed by atoms with Crippen LogP contribution >= 0.6 is 0 Å². The van der Waals surface area contributed by atoms with Crippen molar-refractivity contribution < 1.29 is 23.9 Å². The van der Waals surface area contributed by atoms with Gasteiger partial charge >= 0.3 is 13.2 Å². The highest BCUT2D eigenvalue weighted by molar-refractivity contribution is 6.56. The number of ether oxygens (including phenoxy) is 1. The summed E-state index contributed by atoms with van der Waals surface area (Å²) in [6.45, 7) is 15.4. The molecule has 0 spiro atoms. The highest BCUT2D eigenvalue weighted by Gasteiger charge is 2.52. The topological polar surface area (TPSA) is 77.0 Å². The standard InChI is InChI=1S/C21H32BNO5/c1-14-15(10-9-11-17(14)24)12-16(13-23-18(25)26-19(2,3)4)22-27-20(5,6)21(7,8)28-22/h9-12,24H,13H2,1-8H3,(H,23,25).